The van der Waals surface area contributed by atoms with Crippen LogP contribution in [0.1, 0.15) is 26.2 Å². The Balaban J connectivity index is 5.17. The largest absolute Gasteiger partial charge is 0.481 e. The van der Waals surface area contributed by atoms with Crippen LogP contribution in [-0.2, 0) is 24.0 Å². The maximum Gasteiger partial charge on any atom is 0.326 e. The smallest absolute Gasteiger partial charge is 0.326 e. The van der Waals surface area contributed by atoms with Gasteiger partial charge >= 0.3 is 11.9 Å². The third-order valence-electron chi connectivity index (χ3n) is 3.73. The van der Waals surface area contributed by atoms with Gasteiger partial charge in [-0.25, -0.2) is 4.79 Å². The average Bonchev–Trinajstić information content (AvgIpc) is 2.64. The van der Waals surface area contributed by atoms with Crippen molar-refractivity contribution < 1.29 is 39.3 Å². The number of aliphatic hydroxyl groups is 1. The van der Waals surface area contributed by atoms with Crippen LogP contribution in [0.3, 0.4) is 0 Å². The van der Waals surface area contributed by atoms with Crippen LogP contribution in [0.15, 0.2) is 0 Å². The molecule has 0 aliphatic carbocycles. The molecular formula is C16H28N4O8S. The van der Waals surface area contributed by atoms with Gasteiger partial charge in [0.25, 0.3) is 0 Å². The summed E-state index contributed by atoms with van der Waals surface area (Å²) in [5.41, 5.74) is 5.40. The van der Waals surface area contributed by atoms with E-state index >= 15 is 0 Å². The highest BCUT2D eigenvalue weighted by atomic mass is 32.2. The zero-order chi connectivity index (χ0) is 22.6. The predicted octanol–water partition coefficient (Wildman–Crippen LogP) is -2.52. The Kier molecular flexibility index (Phi) is 12.6. The molecule has 0 aromatic rings. The van der Waals surface area contributed by atoms with Crippen molar-refractivity contribution in [2.45, 2.75) is 50.4 Å². The number of hydrogen-bond donors (Lipinski definition) is 7. The number of amides is 3. The monoisotopic (exact) mass is 436 g/mol. The van der Waals surface area contributed by atoms with E-state index in [0.717, 1.165) is 0 Å². The minimum atomic E-state index is -1.45. The maximum absolute atomic E-state index is 12.5. The molecule has 3 amide bonds. The van der Waals surface area contributed by atoms with E-state index in [4.69, 9.17) is 15.9 Å². The van der Waals surface area contributed by atoms with Crippen LogP contribution in [0.2, 0.25) is 0 Å². The summed E-state index contributed by atoms with van der Waals surface area (Å²) in [6.07, 6.45) is 1.12. The zero-order valence-electron chi connectivity index (χ0n) is 16.2. The zero-order valence-corrected chi connectivity index (χ0v) is 17.0. The molecule has 0 aliphatic heterocycles. The molecule has 0 fully saturated rings. The van der Waals surface area contributed by atoms with Crippen LogP contribution in [0.5, 0.6) is 0 Å². The highest BCUT2D eigenvalue weighted by molar-refractivity contribution is 7.98. The summed E-state index contributed by atoms with van der Waals surface area (Å²) >= 11 is 1.38. The molecule has 4 unspecified atom stereocenters. The minimum Gasteiger partial charge on any atom is -0.481 e. The van der Waals surface area contributed by atoms with E-state index in [2.05, 4.69) is 16.0 Å². The Morgan fingerprint density at radius 1 is 0.897 bits per heavy atom. The van der Waals surface area contributed by atoms with Gasteiger partial charge in [-0.1, -0.05) is 0 Å². The van der Waals surface area contributed by atoms with Gasteiger partial charge in [-0.15, -0.1) is 0 Å². The van der Waals surface area contributed by atoms with Crippen LogP contribution < -0.4 is 21.7 Å². The molecule has 29 heavy (non-hydrogen) atoms. The van der Waals surface area contributed by atoms with E-state index in [1.165, 1.54) is 18.7 Å². The summed E-state index contributed by atoms with van der Waals surface area (Å²) in [4.78, 5) is 58.3. The third-order valence-corrected chi connectivity index (χ3v) is 4.38. The van der Waals surface area contributed by atoms with E-state index in [9.17, 15) is 29.1 Å². The molecular weight excluding hydrogens is 408 g/mol. The van der Waals surface area contributed by atoms with E-state index in [0.29, 0.717) is 5.75 Å². The van der Waals surface area contributed by atoms with Gasteiger partial charge in [0.05, 0.1) is 12.6 Å². The molecule has 0 aromatic heterocycles. The Hall–Kier alpha value is -2.38. The van der Waals surface area contributed by atoms with Crippen molar-refractivity contribution in [2.75, 3.05) is 18.6 Å². The van der Waals surface area contributed by atoms with E-state index in [1.807, 2.05) is 0 Å². The van der Waals surface area contributed by atoms with E-state index in [1.54, 1.807) is 6.26 Å². The Morgan fingerprint density at radius 2 is 1.41 bits per heavy atom. The number of carboxylic acid groups (broad SMARTS) is 2. The van der Waals surface area contributed by atoms with Crippen LogP contribution >= 0.6 is 11.8 Å². The topological polar surface area (TPSA) is 208 Å². The molecule has 0 bridgehead atoms. The summed E-state index contributed by atoms with van der Waals surface area (Å²) in [6, 6.07) is -4.86. The summed E-state index contributed by atoms with van der Waals surface area (Å²) < 4.78 is 0. The van der Waals surface area contributed by atoms with Crippen molar-refractivity contribution in [3.63, 3.8) is 0 Å². The molecule has 4 atom stereocenters. The van der Waals surface area contributed by atoms with Gasteiger partial charge in [0.1, 0.15) is 18.1 Å². The first-order valence-electron chi connectivity index (χ1n) is 8.74. The fourth-order valence-electron chi connectivity index (χ4n) is 2.07. The van der Waals surface area contributed by atoms with Crippen LogP contribution in [0.4, 0.5) is 0 Å². The highest BCUT2D eigenvalue weighted by Gasteiger charge is 2.29. The molecule has 0 aromatic carbocycles. The van der Waals surface area contributed by atoms with Gasteiger partial charge in [0, 0.05) is 6.42 Å². The number of nitrogens with two attached hydrogens (primary N) is 1. The van der Waals surface area contributed by atoms with E-state index < -0.39 is 66.9 Å². The van der Waals surface area contributed by atoms with Crippen LogP contribution in [0, 0.1) is 0 Å². The number of carbonyl (C=O) groups is 5. The lowest BCUT2D eigenvalue weighted by Gasteiger charge is -2.24. The summed E-state index contributed by atoms with van der Waals surface area (Å²) in [6.45, 7) is 0.650. The Morgan fingerprint density at radius 3 is 1.86 bits per heavy atom. The second-order valence-corrected chi connectivity index (χ2v) is 7.19. The first-order valence-corrected chi connectivity index (χ1v) is 10.1. The van der Waals surface area contributed by atoms with Gasteiger partial charge in [0.2, 0.25) is 17.7 Å². The standard InChI is InChI=1S/C16H28N4O8S/c1-8(17)13(24)20-11(7-21)15(26)18-9(5-6-29-2)14(25)19-10(16(27)28)3-4-12(22)23/h8-11,21H,3-7,17H2,1-2H3,(H,18,26)(H,19,25)(H,20,24)(H,22,23)(H,27,28). The van der Waals surface area contributed by atoms with Gasteiger partial charge in [0.15, 0.2) is 0 Å². The van der Waals surface area contributed by atoms with Crippen molar-refractivity contribution in [3.8, 4) is 0 Å². The molecule has 0 rings (SSSR count). The second-order valence-electron chi connectivity index (χ2n) is 6.21. The normalized spacial score (nSPS) is 14.8. The third kappa shape index (κ3) is 10.7. The minimum absolute atomic E-state index is 0.142. The Bertz CT molecular complexity index is 601. The van der Waals surface area contributed by atoms with Gasteiger partial charge < -0.3 is 37.0 Å². The van der Waals surface area contributed by atoms with Crippen molar-refractivity contribution >= 4 is 41.4 Å². The predicted molar refractivity (Wildman–Crippen MR) is 104 cm³/mol. The molecule has 166 valence electrons. The van der Waals surface area contributed by atoms with Crippen molar-refractivity contribution in [1.29, 1.82) is 0 Å². The van der Waals surface area contributed by atoms with Crippen molar-refractivity contribution in [3.05, 3.63) is 0 Å². The SMILES string of the molecule is CSCCC(NC(=O)C(CO)NC(=O)C(C)N)C(=O)NC(CCC(=O)O)C(=O)O. The molecule has 0 radical (unpaired) electrons. The number of aliphatic carboxylic acids is 2. The molecule has 0 saturated carbocycles. The van der Waals surface area contributed by atoms with Gasteiger partial charge in [-0.3, -0.25) is 19.2 Å². The summed E-state index contributed by atoms with van der Waals surface area (Å²) in [5.74, 6) is -4.52. The molecule has 0 heterocycles. The number of thioether (sulfide) groups is 1. The number of nitrogens with one attached hydrogen (secondary N) is 3. The molecule has 0 saturated heterocycles. The van der Waals surface area contributed by atoms with Crippen LogP contribution in [-0.4, -0.2) is 87.8 Å². The first-order chi connectivity index (χ1) is 13.5. The number of carboxylic acids is 2. The molecule has 0 aliphatic rings. The summed E-state index contributed by atoms with van der Waals surface area (Å²) in [5, 5.41) is 34.0. The lowest BCUT2D eigenvalue weighted by Crippen LogP contribution is -2.58. The molecule has 13 heteroatoms. The number of rotatable bonds is 14. The van der Waals surface area contributed by atoms with Crippen molar-refractivity contribution in [1.82, 2.24) is 16.0 Å². The number of aliphatic hydroxyl groups excluding tert-OH is 1. The lowest BCUT2D eigenvalue weighted by atomic mass is 10.1. The molecule has 12 nitrogen and oxygen atoms in total. The average molecular weight is 436 g/mol. The summed E-state index contributed by atoms with van der Waals surface area (Å²) in [7, 11) is 0. The van der Waals surface area contributed by atoms with E-state index in [-0.39, 0.29) is 12.8 Å². The highest BCUT2D eigenvalue weighted by Crippen LogP contribution is 2.05. The molecule has 0 spiro atoms. The first kappa shape index (κ1) is 26.6. The van der Waals surface area contributed by atoms with Crippen LogP contribution in [0.25, 0.3) is 0 Å². The number of hydrogen-bond acceptors (Lipinski definition) is 8. The lowest BCUT2D eigenvalue weighted by molar-refractivity contribution is -0.143. The Labute approximate surface area is 172 Å². The molecule has 8 N–H and O–H groups in total. The van der Waals surface area contributed by atoms with Gasteiger partial charge in [-0.2, -0.15) is 11.8 Å². The fourth-order valence-corrected chi connectivity index (χ4v) is 2.54. The van der Waals surface area contributed by atoms with Crippen molar-refractivity contribution in [2.24, 2.45) is 5.73 Å². The second kappa shape index (κ2) is 13.7. The van der Waals surface area contributed by atoms with Gasteiger partial charge in [-0.05, 0) is 31.8 Å². The quantitative estimate of drug-likeness (QED) is 0.152. The number of carbonyl (C=O) groups excluding carboxylic acids is 3. The fraction of sp³-hybridized carbons (Fsp3) is 0.688. The maximum atomic E-state index is 12.5.